The number of carbonyl (C=O) groups excluding carboxylic acids is 1. The molecule has 100 valence electrons. The lowest BCUT2D eigenvalue weighted by atomic mass is 10.2. The van der Waals surface area contributed by atoms with Crippen molar-refractivity contribution in [3.05, 3.63) is 29.8 Å². The Kier molecular flexibility index (Phi) is 6.18. The summed E-state index contributed by atoms with van der Waals surface area (Å²) in [5.74, 6) is -0.0889. The second-order valence-corrected chi connectivity index (χ2v) is 4.88. The van der Waals surface area contributed by atoms with Crippen molar-refractivity contribution in [3.63, 3.8) is 0 Å². The van der Waals surface area contributed by atoms with Crippen LogP contribution in [0.3, 0.4) is 0 Å². The number of nitrogens with zero attached hydrogens (tertiary/aromatic N) is 1. The Bertz CT molecular complexity index is 377. The summed E-state index contributed by atoms with van der Waals surface area (Å²) in [5.41, 5.74) is 6.57. The Morgan fingerprint density at radius 2 is 2.06 bits per heavy atom. The topological polar surface area (TPSA) is 55.6 Å². The average Bonchev–Trinajstić information content (AvgIpc) is 2.40. The van der Waals surface area contributed by atoms with Crippen molar-refractivity contribution in [2.75, 3.05) is 27.0 Å². The molecule has 1 amide bonds. The number of likely N-dealkylation sites (N-methyl/N-ethyl adjacent to an activating group) is 1. The van der Waals surface area contributed by atoms with Gasteiger partial charge in [0.2, 0.25) is 0 Å². The van der Waals surface area contributed by atoms with Gasteiger partial charge in [-0.2, -0.15) is 0 Å². The molecule has 1 rings (SSSR count). The normalized spacial score (nSPS) is 12.2. The number of ether oxygens (including phenoxy) is 1. The van der Waals surface area contributed by atoms with Crippen molar-refractivity contribution in [3.8, 4) is 0 Å². The summed E-state index contributed by atoms with van der Waals surface area (Å²) in [6.07, 6.45) is 1.48. The van der Waals surface area contributed by atoms with Crippen LogP contribution in [0.5, 0.6) is 0 Å². The van der Waals surface area contributed by atoms with Crippen LogP contribution in [0.4, 0.5) is 0 Å². The Balaban J connectivity index is 2.62. The first kappa shape index (κ1) is 15.0. The summed E-state index contributed by atoms with van der Waals surface area (Å²) >= 11 is 1.70. The maximum Gasteiger partial charge on any atom is 0.253 e. The van der Waals surface area contributed by atoms with E-state index < -0.39 is 6.10 Å². The van der Waals surface area contributed by atoms with Crippen molar-refractivity contribution in [2.45, 2.75) is 17.5 Å². The zero-order valence-corrected chi connectivity index (χ0v) is 11.9. The molecule has 0 heterocycles. The summed E-state index contributed by atoms with van der Waals surface area (Å²) < 4.78 is 5.04. The first-order valence-electron chi connectivity index (χ1n) is 5.73. The summed E-state index contributed by atoms with van der Waals surface area (Å²) in [6.45, 7) is 0.762. The predicted octanol–water partition coefficient (Wildman–Crippen LogP) is 1.34. The van der Waals surface area contributed by atoms with Gasteiger partial charge in [0.05, 0.1) is 0 Å². The third kappa shape index (κ3) is 4.01. The average molecular weight is 268 g/mol. The van der Waals surface area contributed by atoms with Crippen LogP contribution in [0.1, 0.15) is 5.56 Å². The first-order valence-corrected chi connectivity index (χ1v) is 6.95. The minimum absolute atomic E-state index is 0.0889. The molecule has 0 radical (unpaired) electrons. The molecule has 2 N–H and O–H groups in total. The van der Waals surface area contributed by atoms with E-state index in [0.717, 1.165) is 5.56 Å². The fraction of sp³-hybridized carbons (Fsp3) is 0.462. The van der Waals surface area contributed by atoms with Crippen LogP contribution in [-0.4, -0.2) is 43.9 Å². The molecule has 0 fully saturated rings. The zero-order chi connectivity index (χ0) is 13.5. The van der Waals surface area contributed by atoms with Crippen LogP contribution in [0, 0.1) is 0 Å². The van der Waals surface area contributed by atoms with E-state index in [9.17, 15) is 4.79 Å². The van der Waals surface area contributed by atoms with E-state index in [1.54, 1.807) is 23.7 Å². The highest BCUT2D eigenvalue weighted by molar-refractivity contribution is 7.98. The quantitative estimate of drug-likeness (QED) is 0.791. The molecule has 1 atom stereocenters. The molecule has 1 aromatic carbocycles. The van der Waals surface area contributed by atoms with Gasteiger partial charge in [-0.25, -0.2) is 0 Å². The molecule has 0 spiro atoms. The van der Waals surface area contributed by atoms with Gasteiger partial charge in [-0.05, 0) is 24.0 Å². The van der Waals surface area contributed by atoms with E-state index in [1.807, 2.05) is 18.4 Å². The molecule has 0 saturated carbocycles. The van der Waals surface area contributed by atoms with Gasteiger partial charge in [-0.15, -0.1) is 11.8 Å². The van der Waals surface area contributed by atoms with Gasteiger partial charge in [-0.3, -0.25) is 4.79 Å². The van der Waals surface area contributed by atoms with Gasteiger partial charge in [0.1, 0.15) is 6.10 Å². The number of thioether (sulfide) groups is 1. The first-order chi connectivity index (χ1) is 8.62. The second kappa shape index (κ2) is 7.41. The highest BCUT2D eigenvalue weighted by Gasteiger charge is 2.19. The molecule has 0 aliphatic carbocycles. The maximum atomic E-state index is 11.9. The van der Waals surface area contributed by atoms with Crippen LogP contribution in [0.15, 0.2) is 29.2 Å². The zero-order valence-electron chi connectivity index (χ0n) is 11.1. The Morgan fingerprint density at radius 3 is 2.50 bits per heavy atom. The third-order valence-electron chi connectivity index (χ3n) is 2.73. The summed E-state index contributed by atoms with van der Waals surface area (Å²) in [7, 11) is 3.25. The Labute approximate surface area is 112 Å². The summed E-state index contributed by atoms with van der Waals surface area (Å²) in [5, 5.41) is 0. The number of hydrogen-bond donors (Lipinski definition) is 1. The van der Waals surface area contributed by atoms with Crippen molar-refractivity contribution in [1.82, 2.24) is 4.90 Å². The molecule has 4 nitrogen and oxygen atoms in total. The SMILES string of the molecule is COC(CN)C(=O)N(C)Cc1ccc(SC)cc1. The van der Waals surface area contributed by atoms with E-state index in [0.29, 0.717) is 6.54 Å². The molecular weight excluding hydrogens is 248 g/mol. The number of carbonyl (C=O) groups is 1. The molecule has 0 saturated heterocycles. The summed E-state index contributed by atoms with van der Waals surface area (Å²) in [4.78, 5) is 14.8. The minimum Gasteiger partial charge on any atom is -0.370 e. The van der Waals surface area contributed by atoms with Crippen LogP contribution in [0.2, 0.25) is 0 Å². The van der Waals surface area contributed by atoms with Gasteiger partial charge < -0.3 is 15.4 Å². The number of benzene rings is 1. The lowest BCUT2D eigenvalue weighted by molar-refractivity contribution is -0.140. The van der Waals surface area contributed by atoms with Crippen molar-refractivity contribution in [1.29, 1.82) is 0 Å². The number of rotatable bonds is 6. The second-order valence-electron chi connectivity index (χ2n) is 4.00. The van der Waals surface area contributed by atoms with Crippen molar-refractivity contribution in [2.24, 2.45) is 5.73 Å². The number of hydrogen-bond acceptors (Lipinski definition) is 4. The molecule has 0 aliphatic heterocycles. The third-order valence-corrected chi connectivity index (χ3v) is 3.47. The van der Waals surface area contributed by atoms with Crippen LogP contribution in [0.25, 0.3) is 0 Å². The smallest absolute Gasteiger partial charge is 0.253 e. The molecular formula is C13H20N2O2S. The number of nitrogens with two attached hydrogens (primary N) is 1. The molecule has 5 heteroatoms. The van der Waals surface area contributed by atoms with Gasteiger partial charge in [-0.1, -0.05) is 12.1 Å². The minimum atomic E-state index is -0.555. The maximum absolute atomic E-state index is 11.9. The van der Waals surface area contributed by atoms with Gasteiger partial charge in [0, 0.05) is 32.1 Å². The highest BCUT2D eigenvalue weighted by atomic mass is 32.2. The molecule has 0 bridgehead atoms. The van der Waals surface area contributed by atoms with Gasteiger partial charge in [0.25, 0.3) is 5.91 Å². The van der Waals surface area contributed by atoms with E-state index in [2.05, 4.69) is 12.1 Å². The predicted molar refractivity (Wildman–Crippen MR) is 74.5 cm³/mol. The Morgan fingerprint density at radius 1 is 1.44 bits per heavy atom. The van der Waals surface area contributed by atoms with Gasteiger partial charge >= 0.3 is 0 Å². The number of methoxy groups -OCH3 is 1. The molecule has 0 aromatic heterocycles. The van der Waals surface area contributed by atoms with E-state index in [-0.39, 0.29) is 12.5 Å². The number of amides is 1. The molecule has 0 aliphatic rings. The molecule has 1 aromatic rings. The van der Waals surface area contributed by atoms with Gasteiger partial charge in [0.15, 0.2) is 0 Å². The van der Waals surface area contributed by atoms with Crippen LogP contribution < -0.4 is 5.73 Å². The van der Waals surface area contributed by atoms with Crippen LogP contribution in [-0.2, 0) is 16.1 Å². The van der Waals surface area contributed by atoms with Crippen molar-refractivity contribution >= 4 is 17.7 Å². The monoisotopic (exact) mass is 268 g/mol. The van der Waals surface area contributed by atoms with Crippen molar-refractivity contribution < 1.29 is 9.53 Å². The lowest BCUT2D eigenvalue weighted by Gasteiger charge is -2.22. The molecule has 18 heavy (non-hydrogen) atoms. The largest absolute Gasteiger partial charge is 0.370 e. The Hall–Kier alpha value is -1.04. The van der Waals surface area contributed by atoms with Crippen LogP contribution >= 0.6 is 11.8 Å². The lowest BCUT2D eigenvalue weighted by Crippen LogP contribution is -2.41. The van der Waals surface area contributed by atoms with E-state index >= 15 is 0 Å². The van der Waals surface area contributed by atoms with E-state index in [4.69, 9.17) is 10.5 Å². The standard InChI is InChI=1S/C13H20N2O2S/c1-15(13(16)12(8-14)17-2)9-10-4-6-11(18-3)7-5-10/h4-7,12H,8-9,14H2,1-3H3. The molecule has 1 unspecified atom stereocenters. The highest BCUT2D eigenvalue weighted by Crippen LogP contribution is 2.15. The fourth-order valence-corrected chi connectivity index (χ4v) is 2.03. The van der Waals surface area contributed by atoms with E-state index in [1.165, 1.54) is 12.0 Å². The fourth-order valence-electron chi connectivity index (χ4n) is 1.63. The summed E-state index contributed by atoms with van der Waals surface area (Å²) in [6, 6.07) is 8.16.